The second kappa shape index (κ2) is 9.31. The first-order valence-corrected chi connectivity index (χ1v) is 10.0. The maximum Gasteiger partial charge on any atom is 0.224 e. The highest BCUT2D eigenvalue weighted by Crippen LogP contribution is 2.20. The van der Waals surface area contributed by atoms with E-state index in [1.54, 1.807) is 6.07 Å². The smallest absolute Gasteiger partial charge is 0.224 e. The van der Waals surface area contributed by atoms with Crippen molar-refractivity contribution in [3.63, 3.8) is 0 Å². The second-order valence-corrected chi connectivity index (χ2v) is 7.91. The van der Waals surface area contributed by atoms with Gasteiger partial charge in [-0.2, -0.15) is 0 Å². The fourth-order valence-corrected chi connectivity index (χ4v) is 4.06. The average Bonchev–Trinajstić information content (AvgIpc) is 3.07. The van der Waals surface area contributed by atoms with Crippen LogP contribution in [0.15, 0.2) is 24.3 Å². The molecule has 2 saturated heterocycles. The first kappa shape index (κ1) is 19.8. The Bertz CT molecular complexity index is 659. The fourth-order valence-electron chi connectivity index (χ4n) is 4.06. The average molecular weight is 375 g/mol. The van der Waals surface area contributed by atoms with Crippen molar-refractivity contribution >= 4 is 11.8 Å². The second-order valence-electron chi connectivity index (χ2n) is 7.91. The van der Waals surface area contributed by atoms with Crippen LogP contribution in [0.1, 0.15) is 37.7 Å². The highest BCUT2D eigenvalue weighted by Gasteiger charge is 2.26. The van der Waals surface area contributed by atoms with E-state index in [4.69, 9.17) is 0 Å². The van der Waals surface area contributed by atoms with Crippen molar-refractivity contribution in [2.45, 2.75) is 44.6 Å². The van der Waals surface area contributed by atoms with E-state index in [9.17, 15) is 14.0 Å². The molecular weight excluding hydrogens is 345 g/mol. The van der Waals surface area contributed by atoms with Gasteiger partial charge in [0.1, 0.15) is 5.82 Å². The van der Waals surface area contributed by atoms with E-state index in [1.165, 1.54) is 6.07 Å². The number of nitrogens with zero attached hydrogens (tertiary/aromatic N) is 2. The number of nitrogens with one attached hydrogen (secondary N) is 1. The number of hydrogen-bond donors (Lipinski definition) is 1. The van der Waals surface area contributed by atoms with Gasteiger partial charge in [-0.3, -0.25) is 9.59 Å². The number of carbonyl (C=O) groups is 2. The zero-order chi connectivity index (χ0) is 19.2. The summed E-state index contributed by atoms with van der Waals surface area (Å²) in [6.45, 7) is 3.66. The third-order valence-corrected chi connectivity index (χ3v) is 5.83. The van der Waals surface area contributed by atoms with Gasteiger partial charge in [0.15, 0.2) is 0 Å². The standard InChI is InChI=1S/C21H30FN3O2/c1-24(21(27)14-18-6-7-20(26)23-18)15-16-8-11-25(12-9-16)13-10-17-4-2-3-5-19(17)22/h2-5,16,18H,6-15H2,1H3,(H,23,26)/t18-/m1/s1. The van der Waals surface area contributed by atoms with E-state index in [0.29, 0.717) is 18.8 Å². The Morgan fingerprint density at radius 3 is 2.67 bits per heavy atom. The normalized spacial score (nSPS) is 21.3. The number of hydrogen-bond acceptors (Lipinski definition) is 3. The van der Waals surface area contributed by atoms with Crippen LogP contribution in [0.5, 0.6) is 0 Å². The highest BCUT2D eigenvalue weighted by atomic mass is 19.1. The van der Waals surface area contributed by atoms with Gasteiger partial charge in [0.2, 0.25) is 11.8 Å². The number of likely N-dealkylation sites (tertiary alicyclic amines) is 1. The quantitative estimate of drug-likeness (QED) is 0.795. The molecule has 1 atom stereocenters. The lowest BCUT2D eigenvalue weighted by molar-refractivity contribution is -0.131. The Morgan fingerprint density at radius 2 is 2.00 bits per heavy atom. The minimum atomic E-state index is -0.119. The molecule has 0 unspecified atom stereocenters. The maximum atomic E-state index is 13.7. The van der Waals surface area contributed by atoms with Gasteiger partial charge >= 0.3 is 0 Å². The Balaban J connectivity index is 1.35. The number of piperidine rings is 1. The van der Waals surface area contributed by atoms with Crippen molar-refractivity contribution in [2.24, 2.45) is 5.92 Å². The Labute approximate surface area is 160 Å². The largest absolute Gasteiger partial charge is 0.353 e. The molecule has 0 aliphatic carbocycles. The molecule has 2 amide bonds. The number of benzene rings is 1. The maximum absolute atomic E-state index is 13.7. The predicted octanol–water partition coefficient (Wildman–Crippen LogP) is 2.21. The summed E-state index contributed by atoms with van der Waals surface area (Å²) in [5.41, 5.74) is 0.781. The number of carbonyl (C=O) groups excluding carboxylic acids is 2. The van der Waals surface area contributed by atoms with Crippen LogP contribution in [-0.4, -0.2) is 60.9 Å². The zero-order valence-corrected chi connectivity index (χ0v) is 16.1. The van der Waals surface area contributed by atoms with Crippen LogP contribution >= 0.6 is 0 Å². The molecule has 5 nitrogen and oxygen atoms in total. The van der Waals surface area contributed by atoms with Crippen LogP contribution in [0.3, 0.4) is 0 Å². The molecule has 2 aliphatic rings. The lowest BCUT2D eigenvalue weighted by Gasteiger charge is -2.34. The van der Waals surface area contributed by atoms with Gasteiger partial charge in [-0.15, -0.1) is 0 Å². The van der Waals surface area contributed by atoms with Gasteiger partial charge < -0.3 is 15.1 Å². The molecule has 2 aliphatic heterocycles. The fraction of sp³-hybridized carbons (Fsp3) is 0.619. The van der Waals surface area contributed by atoms with Crippen molar-refractivity contribution in [3.05, 3.63) is 35.6 Å². The monoisotopic (exact) mass is 375 g/mol. The third kappa shape index (κ3) is 5.76. The predicted molar refractivity (Wildman–Crippen MR) is 103 cm³/mol. The molecule has 6 heteroatoms. The minimum absolute atomic E-state index is 0.00711. The highest BCUT2D eigenvalue weighted by molar-refractivity contribution is 5.81. The topological polar surface area (TPSA) is 52.7 Å². The van der Waals surface area contributed by atoms with E-state index < -0.39 is 0 Å². The van der Waals surface area contributed by atoms with E-state index in [2.05, 4.69) is 10.2 Å². The van der Waals surface area contributed by atoms with E-state index in [-0.39, 0.29) is 23.7 Å². The molecule has 1 aromatic rings. The van der Waals surface area contributed by atoms with E-state index in [0.717, 1.165) is 57.4 Å². The zero-order valence-electron chi connectivity index (χ0n) is 16.1. The third-order valence-electron chi connectivity index (χ3n) is 5.83. The van der Waals surface area contributed by atoms with Gasteiger partial charge in [0.25, 0.3) is 0 Å². The number of amides is 2. The summed E-state index contributed by atoms with van der Waals surface area (Å²) in [7, 11) is 1.86. The Hall–Kier alpha value is -1.95. The molecule has 1 N–H and O–H groups in total. The summed E-state index contributed by atoms with van der Waals surface area (Å²) in [4.78, 5) is 27.8. The van der Waals surface area contributed by atoms with Gasteiger partial charge in [-0.1, -0.05) is 18.2 Å². The van der Waals surface area contributed by atoms with Crippen molar-refractivity contribution in [1.82, 2.24) is 15.1 Å². The van der Waals surface area contributed by atoms with Crippen LogP contribution in [0.4, 0.5) is 4.39 Å². The molecule has 0 aromatic heterocycles. The van der Waals surface area contributed by atoms with Crippen LogP contribution in [-0.2, 0) is 16.0 Å². The molecule has 0 bridgehead atoms. The molecule has 0 radical (unpaired) electrons. The van der Waals surface area contributed by atoms with Crippen molar-refractivity contribution in [2.75, 3.05) is 33.2 Å². The van der Waals surface area contributed by atoms with Gasteiger partial charge in [-0.05, 0) is 56.3 Å². The van der Waals surface area contributed by atoms with Gasteiger partial charge in [-0.25, -0.2) is 4.39 Å². The molecule has 0 saturated carbocycles. The summed E-state index contributed by atoms with van der Waals surface area (Å²) in [6, 6.07) is 6.99. The van der Waals surface area contributed by atoms with Crippen molar-refractivity contribution in [1.29, 1.82) is 0 Å². The van der Waals surface area contributed by atoms with E-state index >= 15 is 0 Å². The van der Waals surface area contributed by atoms with Crippen molar-refractivity contribution < 1.29 is 14.0 Å². The minimum Gasteiger partial charge on any atom is -0.353 e. The van der Waals surface area contributed by atoms with Crippen LogP contribution < -0.4 is 5.32 Å². The summed E-state index contributed by atoms with van der Waals surface area (Å²) in [5.74, 6) is 0.565. The Morgan fingerprint density at radius 1 is 1.26 bits per heavy atom. The first-order chi connectivity index (χ1) is 13.0. The molecule has 148 valence electrons. The molecule has 3 rings (SSSR count). The molecule has 1 aromatic carbocycles. The van der Waals surface area contributed by atoms with Crippen LogP contribution in [0, 0.1) is 11.7 Å². The SMILES string of the molecule is CN(CC1CCN(CCc2ccccc2F)CC1)C(=O)C[C@H]1CCC(=O)N1. The number of rotatable bonds is 7. The summed E-state index contributed by atoms with van der Waals surface area (Å²) >= 11 is 0. The Kier molecular flexibility index (Phi) is 6.83. The summed E-state index contributed by atoms with van der Waals surface area (Å²) in [6.07, 6.45) is 4.57. The number of halogens is 1. The van der Waals surface area contributed by atoms with Gasteiger partial charge in [0, 0.05) is 39.0 Å². The van der Waals surface area contributed by atoms with Crippen LogP contribution in [0.2, 0.25) is 0 Å². The summed E-state index contributed by atoms with van der Waals surface area (Å²) < 4.78 is 13.7. The first-order valence-electron chi connectivity index (χ1n) is 10.0. The molecule has 2 heterocycles. The van der Waals surface area contributed by atoms with Gasteiger partial charge in [0.05, 0.1) is 0 Å². The molecule has 0 spiro atoms. The van der Waals surface area contributed by atoms with Crippen LogP contribution in [0.25, 0.3) is 0 Å². The van der Waals surface area contributed by atoms with Crippen molar-refractivity contribution in [3.8, 4) is 0 Å². The van der Waals surface area contributed by atoms with E-state index in [1.807, 2.05) is 24.1 Å². The molecular formula is C21H30FN3O2. The molecule has 2 fully saturated rings. The summed E-state index contributed by atoms with van der Waals surface area (Å²) in [5, 5.41) is 2.86. The lowest BCUT2D eigenvalue weighted by Crippen LogP contribution is -2.41. The molecule has 27 heavy (non-hydrogen) atoms. The lowest BCUT2D eigenvalue weighted by atomic mass is 9.95.